The van der Waals surface area contributed by atoms with E-state index in [1.165, 1.54) is 17.3 Å². The van der Waals surface area contributed by atoms with E-state index in [9.17, 15) is 4.79 Å². The topological polar surface area (TPSA) is 35.6 Å². The van der Waals surface area contributed by atoms with Gasteiger partial charge in [0.2, 0.25) is 0 Å². The lowest BCUT2D eigenvalue weighted by Crippen LogP contribution is -2.50. The fourth-order valence-electron chi connectivity index (χ4n) is 3.62. The van der Waals surface area contributed by atoms with Crippen molar-refractivity contribution < 1.29 is 4.79 Å². The van der Waals surface area contributed by atoms with Crippen molar-refractivity contribution >= 4 is 42.9 Å². The van der Waals surface area contributed by atoms with Gasteiger partial charge in [-0.05, 0) is 48.9 Å². The first kappa shape index (κ1) is 21.2. The van der Waals surface area contributed by atoms with E-state index in [1.54, 1.807) is 16.8 Å². The molecule has 2 atom stereocenters. The minimum absolute atomic E-state index is 0.0879. The van der Waals surface area contributed by atoms with Crippen LogP contribution in [0.1, 0.15) is 37.8 Å². The van der Waals surface area contributed by atoms with Crippen molar-refractivity contribution in [1.82, 2.24) is 15.1 Å². The van der Waals surface area contributed by atoms with Gasteiger partial charge in [0.15, 0.2) is 4.32 Å². The third-order valence-corrected chi connectivity index (χ3v) is 7.62. The lowest BCUT2D eigenvalue weighted by atomic mass is 9.98. The Kier molecular flexibility index (Phi) is 8.10. The van der Waals surface area contributed by atoms with Gasteiger partial charge in [0.1, 0.15) is 0 Å². The van der Waals surface area contributed by atoms with Crippen LogP contribution in [-0.4, -0.2) is 51.3 Å². The quantitative estimate of drug-likeness (QED) is 0.390. The average molecular weight is 424 g/mol. The lowest BCUT2D eigenvalue weighted by Gasteiger charge is -2.37. The summed E-state index contributed by atoms with van der Waals surface area (Å²) in [5.41, 5.74) is 2.54. The maximum Gasteiger partial charge on any atom is 0.256 e. The minimum atomic E-state index is -0.0879. The van der Waals surface area contributed by atoms with Gasteiger partial charge in [-0.1, -0.05) is 70.8 Å². The molecule has 1 amide bonds. The summed E-state index contributed by atoms with van der Waals surface area (Å²) in [6.45, 7) is 7.31. The monoisotopic (exact) mass is 423 g/mol. The molecule has 3 rings (SSSR count). The lowest BCUT2D eigenvalue weighted by molar-refractivity contribution is -0.139. The first-order valence-corrected chi connectivity index (χ1v) is 12.4. The number of aryl methyl sites for hydroxylation is 1. The van der Waals surface area contributed by atoms with Crippen LogP contribution >= 0.6 is 32.7 Å². The largest absolute Gasteiger partial charge is 0.298 e. The predicted molar refractivity (Wildman–Crippen MR) is 122 cm³/mol. The molecule has 1 N–H and O–H groups in total. The van der Waals surface area contributed by atoms with Crippen LogP contribution < -0.4 is 5.09 Å². The number of thioether (sulfide) groups is 1. The molecular weight excluding hydrogens is 393 g/mol. The molecule has 0 radical (unpaired) electrons. The normalized spacial score (nSPS) is 22.4. The highest BCUT2D eigenvalue weighted by atomic mass is 32.2. The van der Waals surface area contributed by atoms with Crippen LogP contribution in [0.2, 0.25) is 0 Å². The van der Waals surface area contributed by atoms with E-state index in [0.29, 0.717) is 5.92 Å². The molecule has 0 spiro atoms. The average Bonchev–Trinajstić information content (AvgIpc) is 2.96. The third kappa shape index (κ3) is 5.51. The predicted octanol–water partition coefficient (Wildman–Crippen LogP) is 3.85. The standard InChI is InChI=1S/C20H30N3OPS2/c1-3-15-5-7-16(8-6-15)13-18-19(24)23(20(26)27-18)22-11-9-17(10-12-22)14-21-25-4-2/h5-8,17-18,21,25H,3-4,9-14H2,1-2H3. The molecule has 27 heavy (non-hydrogen) atoms. The van der Waals surface area contributed by atoms with Gasteiger partial charge in [-0.15, -0.1) is 0 Å². The Hall–Kier alpha value is -0.520. The number of hydrogen-bond donors (Lipinski definition) is 1. The van der Waals surface area contributed by atoms with E-state index in [4.69, 9.17) is 12.2 Å². The smallest absolute Gasteiger partial charge is 0.256 e. The second-order valence-electron chi connectivity index (χ2n) is 7.20. The highest BCUT2D eigenvalue weighted by Gasteiger charge is 2.41. The number of carbonyl (C=O) groups excluding carboxylic acids is 1. The van der Waals surface area contributed by atoms with E-state index in [0.717, 1.165) is 58.4 Å². The zero-order chi connectivity index (χ0) is 19.2. The van der Waals surface area contributed by atoms with Crippen molar-refractivity contribution in [1.29, 1.82) is 0 Å². The van der Waals surface area contributed by atoms with Crippen molar-refractivity contribution in [2.45, 2.75) is 44.8 Å². The Morgan fingerprint density at radius 2 is 1.85 bits per heavy atom. The number of nitrogens with zero attached hydrogens (tertiary/aromatic N) is 2. The molecule has 4 nitrogen and oxygen atoms in total. The van der Waals surface area contributed by atoms with Crippen LogP contribution in [0.15, 0.2) is 24.3 Å². The van der Waals surface area contributed by atoms with E-state index >= 15 is 0 Å². The number of hydrogen-bond acceptors (Lipinski definition) is 5. The first-order chi connectivity index (χ1) is 13.1. The number of rotatable bonds is 8. The van der Waals surface area contributed by atoms with Crippen molar-refractivity contribution in [2.24, 2.45) is 5.92 Å². The van der Waals surface area contributed by atoms with Gasteiger partial charge in [0.25, 0.3) is 5.91 Å². The van der Waals surface area contributed by atoms with Gasteiger partial charge in [-0.2, -0.15) is 0 Å². The van der Waals surface area contributed by atoms with Crippen LogP contribution in [0.3, 0.4) is 0 Å². The molecule has 2 fully saturated rings. The number of nitrogens with one attached hydrogen (secondary N) is 1. The van der Waals surface area contributed by atoms with E-state index in [1.807, 2.05) is 0 Å². The summed E-state index contributed by atoms with van der Waals surface area (Å²) in [7, 11) is 0.860. The van der Waals surface area contributed by atoms with Crippen LogP contribution in [-0.2, 0) is 17.6 Å². The Morgan fingerprint density at radius 3 is 2.48 bits per heavy atom. The number of carbonyl (C=O) groups is 1. The van der Waals surface area contributed by atoms with Crippen LogP contribution in [0.25, 0.3) is 0 Å². The van der Waals surface area contributed by atoms with Gasteiger partial charge >= 0.3 is 0 Å². The molecule has 2 heterocycles. The second kappa shape index (κ2) is 10.3. The third-order valence-electron chi connectivity index (χ3n) is 5.32. The highest BCUT2D eigenvalue weighted by Crippen LogP contribution is 2.33. The maximum absolute atomic E-state index is 13.0. The fourth-order valence-corrected chi connectivity index (χ4v) is 5.88. The van der Waals surface area contributed by atoms with Gasteiger partial charge < -0.3 is 0 Å². The van der Waals surface area contributed by atoms with E-state index in [-0.39, 0.29) is 11.2 Å². The maximum atomic E-state index is 13.0. The number of amides is 1. The van der Waals surface area contributed by atoms with Crippen molar-refractivity contribution in [3.63, 3.8) is 0 Å². The van der Waals surface area contributed by atoms with Crippen LogP contribution in [0.4, 0.5) is 0 Å². The molecule has 0 saturated carbocycles. The summed E-state index contributed by atoms with van der Waals surface area (Å²) in [6.07, 6.45) is 5.25. The molecule has 2 unspecified atom stereocenters. The fraction of sp³-hybridized carbons (Fsp3) is 0.600. The van der Waals surface area contributed by atoms with Gasteiger partial charge in [0.05, 0.1) is 5.25 Å². The Bertz CT molecular complexity index is 647. The summed E-state index contributed by atoms with van der Waals surface area (Å²) in [4.78, 5) is 13.0. The zero-order valence-electron chi connectivity index (χ0n) is 16.2. The molecule has 2 aliphatic rings. The SMILES string of the molecule is CCPNCC1CCN(N2C(=O)C(Cc3ccc(CC)cc3)SC2=S)CC1. The molecule has 7 heteroatoms. The molecule has 1 aromatic carbocycles. The van der Waals surface area contributed by atoms with Crippen molar-refractivity contribution in [3.8, 4) is 0 Å². The number of benzene rings is 1. The molecule has 0 aliphatic carbocycles. The van der Waals surface area contributed by atoms with Crippen molar-refractivity contribution in [2.75, 3.05) is 25.8 Å². The summed E-state index contributed by atoms with van der Waals surface area (Å²) in [5.74, 6) is 0.876. The minimum Gasteiger partial charge on any atom is -0.298 e. The number of piperidine rings is 1. The van der Waals surface area contributed by atoms with Crippen LogP contribution in [0, 0.1) is 5.92 Å². The van der Waals surface area contributed by atoms with Gasteiger partial charge in [0, 0.05) is 19.6 Å². The molecule has 2 aliphatic heterocycles. The first-order valence-electron chi connectivity index (χ1n) is 9.95. The van der Waals surface area contributed by atoms with Crippen molar-refractivity contribution in [3.05, 3.63) is 35.4 Å². The molecule has 0 bridgehead atoms. The molecule has 2 saturated heterocycles. The molecular formula is C20H30N3OPS2. The van der Waals surface area contributed by atoms with E-state index < -0.39 is 0 Å². The Morgan fingerprint density at radius 1 is 1.19 bits per heavy atom. The summed E-state index contributed by atoms with van der Waals surface area (Å²) in [5, 5.41) is 7.43. The number of thiocarbonyl (C=S) groups is 1. The summed E-state index contributed by atoms with van der Waals surface area (Å²) in [6, 6.07) is 8.61. The van der Waals surface area contributed by atoms with E-state index in [2.05, 4.69) is 48.2 Å². The second-order valence-corrected chi connectivity index (χ2v) is 10.5. The summed E-state index contributed by atoms with van der Waals surface area (Å²) < 4.78 is 0.721. The van der Waals surface area contributed by atoms with Gasteiger partial charge in [-0.3, -0.25) is 9.88 Å². The Balaban J connectivity index is 1.53. The van der Waals surface area contributed by atoms with Crippen LogP contribution in [0.5, 0.6) is 0 Å². The summed E-state index contributed by atoms with van der Waals surface area (Å²) >= 11 is 7.11. The van der Waals surface area contributed by atoms with Gasteiger partial charge in [-0.25, -0.2) is 10.0 Å². The highest BCUT2D eigenvalue weighted by molar-refractivity contribution is 8.24. The number of hydrazine groups is 1. The zero-order valence-corrected chi connectivity index (χ0v) is 18.9. The molecule has 0 aromatic heterocycles. The molecule has 148 valence electrons. The Labute approximate surface area is 174 Å². The molecule has 1 aromatic rings.